The van der Waals surface area contributed by atoms with E-state index in [1.165, 1.54) is 4.90 Å². The van der Waals surface area contributed by atoms with Crippen molar-refractivity contribution < 1.29 is 14.4 Å². The third kappa shape index (κ3) is 4.18. The molecule has 0 saturated carbocycles. The van der Waals surface area contributed by atoms with Gasteiger partial charge in [0.1, 0.15) is 6.04 Å². The van der Waals surface area contributed by atoms with E-state index in [2.05, 4.69) is 0 Å². The van der Waals surface area contributed by atoms with Gasteiger partial charge in [-0.2, -0.15) is 0 Å². The van der Waals surface area contributed by atoms with Crippen molar-refractivity contribution in [3.05, 3.63) is 35.4 Å². The number of carbonyl (C=O) groups excluding carboxylic acids is 3. The van der Waals surface area contributed by atoms with Crippen molar-refractivity contribution in [3.8, 4) is 0 Å². The van der Waals surface area contributed by atoms with Gasteiger partial charge in [-0.25, -0.2) is 0 Å². The van der Waals surface area contributed by atoms with Crippen LogP contribution in [0.25, 0.3) is 0 Å². The molecule has 1 saturated heterocycles. The highest BCUT2D eigenvalue weighted by Crippen LogP contribution is 2.20. The first-order chi connectivity index (χ1) is 10.9. The lowest BCUT2D eigenvalue weighted by Gasteiger charge is -2.26. The number of likely N-dealkylation sites (tertiary alicyclic amines) is 1. The van der Waals surface area contributed by atoms with Crippen molar-refractivity contribution in [2.75, 3.05) is 20.6 Å². The van der Waals surface area contributed by atoms with Crippen molar-refractivity contribution in [1.29, 1.82) is 0 Å². The third-order valence-corrected chi connectivity index (χ3v) is 4.24. The van der Waals surface area contributed by atoms with Crippen molar-refractivity contribution in [1.82, 2.24) is 9.80 Å². The summed E-state index contributed by atoms with van der Waals surface area (Å²) in [6.45, 7) is 2.56. The minimum absolute atomic E-state index is 0.0342. The van der Waals surface area contributed by atoms with Crippen LogP contribution >= 0.6 is 0 Å². The van der Waals surface area contributed by atoms with Gasteiger partial charge >= 0.3 is 0 Å². The smallest absolute Gasteiger partial charge is 0.244 e. The molecule has 23 heavy (non-hydrogen) atoms. The number of hydrogen-bond acceptors (Lipinski definition) is 3. The summed E-state index contributed by atoms with van der Waals surface area (Å²) in [5.74, 6) is -0.183. The molecule has 1 aromatic carbocycles. The monoisotopic (exact) mass is 316 g/mol. The summed E-state index contributed by atoms with van der Waals surface area (Å²) >= 11 is 0. The van der Waals surface area contributed by atoms with Gasteiger partial charge in [0.25, 0.3) is 0 Å². The van der Waals surface area contributed by atoms with E-state index in [9.17, 15) is 14.4 Å². The molecule has 2 rings (SSSR count). The molecule has 2 amide bonds. The number of carbonyl (C=O) groups is 3. The fourth-order valence-corrected chi connectivity index (χ4v) is 2.87. The fraction of sp³-hybridized carbons (Fsp3) is 0.500. The summed E-state index contributed by atoms with van der Waals surface area (Å²) in [5, 5.41) is 0. The molecule has 0 N–H and O–H groups in total. The second-order valence-corrected chi connectivity index (χ2v) is 6.27. The first-order valence-corrected chi connectivity index (χ1v) is 8.00. The molecule has 0 aliphatic carbocycles. The number of nitrogens with zero attached hydrogens (tertiary/aromatic N) is 2. The van der Waals surface area contributed by atoms with Crippen LogP contribution in [0.3, 0.4) is 0 Å². The Kier molecular flexibility index (Phi) is 5.53. The lowest BCUT2D eigenvalue weighted by atomic mass is 10.0. The highest BCUT2D eigenvalue weighted by Gasteiger charge is 2.34. The van der Waals surface area contributed by atoms with Crippen LogP contribution in [0.5, 0.6) is 0 Å². The first kappa shape index (κ1) is 17.2. The van der Waals surface area contributed by atoms with Gasteiger partial charge in [0, 0.05) is 39.0 Å². The number of benzene rings is 1. The SMILES string of the molecule is Cc1ccc(C(=O)CCC(=O)N2CCCC2C(=O)N(C)C)cc1. The Morgan fingerprint density at radius 1 is 1.13 bits per heavy atom. The Hall–Kier alpha value is -2.17. The Morgan fingerprint density at radius 3 is 2.39 bits per heavy atom. The molecule has 1 heterocycles. The number of ketones is 1. The topological polar surface area (TPSA) is 57.7 Å². The predicted molar refractivity (Wildman–Crippen MR) is 88.2 cm³/mol. The molecule has 1 aliphatic rings. The summed E-state index contributed by atoms with van der Waals surface area (Å²) in [7, 11) is 3.40. The van der Waals surface area contributed by atoms with Gasteiger partial charge in [0.05, 0.1) is 0 Å². The molecule has 124 valence electrons. The van der Waals surface area contributed by atoms with E-state index in [4.69, 9.17) is 0 Å². The molecule has 0 aromatic heterocycles. The largest absolute Gasteiger partial charge is 0.347 e. The Balaban J connectivity index is 1.92. The zero-order valence-corrected chi connectivity index (χ0v) is 14.0. The summed E-state index contributed by atoms with van der Waals surface area (Å²) in [6, 6.07) is 6.99. The van der Waals surface area contributed by atoms with E-state index in [0.29, 0.717) is 18.5 Å². The van der Waals surface area contributed by atoms with Gasteiger partial charge in [0.2, 0.25) is 11.8 Å². The second-order valence-electron chi connectivity index (χ2n) is 6.27. The maximum absolute atomic E-state index is 12.4. The van der Waals surface area contributed by atoms with Crippen molar-refractivity contribution in [2.24, 2.45) is 0 Å². The quantitative estimate of drug-likeness (QED) is 0.781. The van der Waals surface area contributed by atoms with E-state index in [0.717, 1.165) is 12.0 Å². The molecule has 0 bridgehead atoms. The Bertz CT molecular complexity index is 593. The zero-order chi connectivity index (χ0) is 17.0. The minimum atomic E-state index is -0.369. The normalized spacial score (nSPS) is 17.2. The minimum Gasteiger partial charge on any atom is -0.347 e. The van der Waals surface area contributed by atoms with Gasteiger partial charge in [-0.15, -0.1) is 0 Å². The summed E-state index contributed by atoms with van der Waals surface area (Å²) in [5.41, 5.74) is 1.73. The number of Topliss-reactive ketones (excluding diaryl/α,β-unsaturated/α-hetero) is 1. The predicted octanol–water partition coefficient (Wildman–Crippen LogP) is 2.04. The van der Waals surface area contributed by atoms with Crippen molar-refractivity contribution in [2.45, 2.75) is 38.6 Å². The highest BCUT2D eigenvalue weighted by molar-refractivity contribution is 5.98. The van der Waals surface area contributed by atoms with Gasteiger partial charge in [-0.1, -0.05) is 29.8 Å². The Morgan fingerprint density at radius 2 is 1.78 bits per heavy atom. The van der Waals surface area contributed by atoms with Gasteiger partial charge in [-0.05, 0) is 19.8 Å². The lowest BCUT2D eigenvalue weighted by molar-refractivity contribution is -0.142. The van der Waals surface area contributed by atoms with Gasteiger partial charge in [0.15, 0.2) is 5.78 Å². The van der Waals surface area contributed by atoms with Gasteiger partial charge < -0.3 is 9.80 Å². The molecule has 0 spiro atoms. The number of likely N-dealkylation sites (N-methyl/N-ethyl adjacent to an activating group) is 1. The molecular weight excluding hydrogens is 292 g/mol. The van der Waals surface area contributed by atoms with E-state index in [1.807, 2.05) is 19.1 Å². The van der Waals surface area contributed by atoms with Crippen LogP contribution in [0.15, 0.2) is 24.3 Å². The number of aryl methyl sites for hydroxylation is 1. The summed E-state index contributed by atoms with van der Waals surface area (Å²) < 4.78 is 0. The zero-order valence-electron chi connectivity index (χ0n) is 14.0. The standard InChI is InChI=1S/C18H24N2O3/c1-13-6-8-14(9-7-13)16(21)10-11-17(22)20-12-4-5-15(20)18(23)19(2)3/h6-9,15H,4-5,10-12H2,1-3H3. The fourth-order valence-electron chi connectivity index (χ4n) is 2.87. The first-order valence-electron chi connectivity index (χ1n) is 8.00. The van der Waals surface area contributed by atoms with Crippen LogP contribution in [0, 0.1) is 6.92 Å². The summed E-state index contributed by atoms with van der Waals surface area (Å²) in [4.78, 5) is 39.8. The van der Waals surface area contributed by atoms with Crippen molar-refractivity contribution >= 4 is 17.6 Å². The molecule has 1 unspecified atom stereocenters. The van der Waals surface area contributed by atoms with E-state index in [-0.39, 0.29) is 36.5 Å². The van der Waals surface area contributed by atoms with E-state index >= 15 is 0 Å². The average molecular weight is 316 g/mol. The maximum atomic E-state index is 12.4. The highest BCUT2D eigenvalue weighted by atomic mass is 16.2. The molecule has 1 fully saturated rings. The van der Waals surface area contributed by atoms with Crippen LogP contribution < -0.4 is 0 Å². The number of hydrogen-bond donors (Lipinski definition) is 0. The second kappa shape index (κ2) is 7.40. The number of amides is 2. The Labute approximate surface area is 137 Å². The third-order valence-electron chi connectivity index (χ3n) is 4.24. The molecule has 0 radical (unpaired) electrons. The molecule has 1 aliphatic heterocycles. The molecule has 5 heteroatoms. The molecule has 5 nitrogen and oxygen atoms in total. The maximum Gasteiger partial charge on any atom is 0.244 e. The van der Waals surface area contributed by atoms with Crippen LogP contribution in [0.4, 0.5) is 0 Å². The number of rotatable bonds is 5. The molecule has 1 atom stereocenters. The average Bonchev–Trinajstić information content (AvgIpc) is 3.01. The van der Waals surface area contributed by atoms with Crippen molar-refractivity contribution in [3.63, 3.8) is 0 Å². The molecular formula is C18H24N2O3. The van der Waals surface area contributed by atoms with Gasteiger partial charge in [-0.3, -0.25) is 14.4 Å². The van der Waals surface area contributed by atoms with Crippen LogP contribution in [0.1, 0.15) is 41.6 Å². The summed E-state index contributed by atoms with van der Waals surface area (Å²) in [6.07, 6.45) is 1.88. The van der Waals surface area contributed by atoms with E-state index < -0.39 is 0 Å². The van der Waals surface area contributed by atoms with Crippen LogP contribution in [-0.2, 0) is 9.59 Å². The van der Waals surface area contributed by atoms with E-state index in [1.54, 1.807) is 31.1 Å². The lowest BCUT2D eigenvalue weighted by Crippen LogP contribution is -2.45. The van der Waals surface area contributed by atoms with Crippen LogP contribution in [0.2, 0.25) is 0 Å². The van der Waals surface area contributed by atoms with Crippen LogP contribution in [-0.4, -0.2) is 54.1 Å². The molecule has 1 aromatic rings.